The summed E-state index contributed by atoms with van der Waals surface area (Å²) in [5, 5.41) is 6.92. The van der Waals surface area contributed by atoms with Crippen LogP contribution in [0.4, 0.5) is 0 Å². The van der Waals surface area contributed by atoms with Crippen molar-refractivity contribution in [2.75, 3.05) is 31.1 Å². The Morgan fingerprint density at radius 1 is 1.47 bits per heavy atom. The van der Waals surface area contributed by atoms with E-state index in [0.29, 0.717) is 12.3 Å². The first kappa shape index (κ1) is 14.7. The lowest BCUT2D eigenvalue weighted by Crippen LogP contribution is -2.43. The van der Waals surface area contributed by atoms with E-state index >= 15 is 0 Å². The van der Waals surface area contributed by atoms with Crippen molar-refractivity contribution in [1.82, 2.24) is 10.6 Å². The van der Waals surface area contributed by atoms with Gasteiger partial charge in [0.05, 0.1) is 5.75 Å². The molecule has 19 heavy (non-hydrogen) atoms. The fourth-order valence-corrected chi connectivity index (χ4v) is 3.06. The van der Waals surface area contributed by atoms with Crippen molar-refractivity contribution >= 4 is 29.3 Å². The molecule has 1 aromatic rings. The standard InChI is InChI=1S/C14H19ClN2OS/c15-13-3-1-2-11(6-13)4-5-17-14(18)10-19-9-12-7-16-8-12/h1-3,6,12,16H,4-5,7-10H2,(H,17,18). The Bertz CT molecular complexity index is 424. The summed E-state index contributed by atoms with van der Waals surface area (Å²) < 4.78 is 0. The number of hydrogen-bond acceptors (Lipinski definition) is 3. The van der Waals surface area contributed by atoms with E-state index in [9.17, 15) is 4.79 Å². The molecule has 2 rings (SSSR count). The maximum atomic E-state index is 11.6. The maximum Gasteiger partial charge on any atom is 0.230 e. The van der Waals surface area contributed by atoms with E-state index in [4.69, 9.17) is 11.6 Å². The molecule has 1 aromatic carbocycles. The molecule has 1 saturated heterocycles. The fraction of sp³-hybridized carbons (Fsp3) is 0.500. The lowest BCUT2D eigenvalue weighted by molar-refractivity contribution is -0.118. The van der Waals surface area contributed by atoms with E-state index in [2.05, 4.69) is 10.6 Å². The average Bonchev–Trinajstić information content (AvgIpc) is 2.32. The molecule has 0 aliphatic carbocycles. The number of carbonyl (C=O) groups excluding carboxylic acids is 1. The van der Waals surface area contributed by atoms with Gasteiger partial charge in [-0.25, -0.2) is 0 Å². The highest BCUT2D eigenvalue weighted by atomic mass is 35.5. The Labute approximate surface area is 123 Å². The van der Waals surface area contributed by atoms with Gasteiger partial charge in [0, 0.05) is 11.6 Å². The van der Waals surface area contributed by atoms with Crippen molar-refractivity contribution in [3.8, 4) is 0 Å². The molecule has 1 heterocycles. The minimum atomic E-state index is 0.124. The smallest absolute Gasteiger partial charge is 0.230 e. The van der Waals surface area contributed by atoms with Gasteiger partial charge in [0.2, 0.25) is 5.91 Å². The summed E-state index contributed by atoms with van der Waals surface area (Å²) in [4.78, 5) is 11.6. The van der Waals surface area contributed by atoms with Gasteiger partial charge in [0.15, 0.2) is 0 Å². The highest BCUT2D eigenvalue weighted by Crippen LogP contribution is 2.12. The molecule has 3 nitrogen and oxygen atoms in total. The summed E-state index contributed by atoms with van der Waals surface area (Å²) in [5.41, 5.74) is 1.15. The molecule has 5 heteroatoms. The fourth-order valence-electron chi connectivity index (χ4n) is 1.87. The van der Waals surface area contributed by atoms with Gasteiger partial charge in [-0.3, -0.25) is 4.79 Å². The molecule has 1 aliphatic rings. The zero-order valence-corrected chi connectivity index (χ0v) is 12.4. The monoisotopic (exact) mass is 298 g/mol. The molecule has 0 aromatic heterocycles. The third-order valence-electron chi connectivity index (χ3n) is 3.08. The Balaban J connectivity index is 1.55. The van der Waals surface area contributed by atoms with Crippen molar-refractivity contribution in [3.05, 3.63) is 34.9 Å². The number of benzene rings is 1. The number of thioether (sulfide) groups is 1. The van der Waals surface area contributed by atoms with Crippen LogP contribution < -0.4 is 10.6 Å². The van der Waals surface area contributed by atoms with Crippen molar-refractivity contribution in [1.29, 1.82) is 0 Å². The summed E-state index contributed by atoms with van der Waals surface area (Å²) in [5.74, 6) is 2.52. The predicted octanol–water partition coefficient (Wildman–Crippen LogP) is 1.95. The Morgan fingerprint density at radius 2 is 2.32 bits per heavy atom. The van der Waals surface area contributed by atoms with Crippen LogP contribution in [0.2, 0.25) is 5.02 Å². The normalized spacial score (nSPS) is 15.0. The summed E-state index contributed by atoms with van der Waals surface area (Å²) >= 11 is 7.63. The zero-order chi connectivity index (χ0) is 13.5. The van der Waals surface area contributed by atoms with Gasteiger partial charge in [-0.05, 0) is 48.9 Å². The van der Waals surface area contributed by atoms with E-state index in [1.165, 1.54) is 0 Å². The van der Waals surface area contributed by atoms with Crippen LogP contribution in [0, 0.1) is 5.92 Å². The second-order valence-corrected chi connectivity index (χ2v) is 6.24. The minimum absolute atomic E-state index is 0.124. The van der Waals surface area contributed by atoms with Crippen LogP contribution in [-0.4, -0.2) is 37.0 Å². The second kappa shape index (κ2) is 7.78. The summed E-state index contributed by atoms with van der Waals surface area (Å²) in [7, 11) is 0. The summed E-state index contributed by atoms with van der Waals surface area (Å²) in [6.07, 6.45) is 0.823. The number of nitrogens with one attached hydrogen (secondary N) is 2. The Kier molecular flexibility index (Phi) is 6.01. The molecule has 0 radical (unpaired) electrons. The predicted molar refractivity (Wildman–Crippen MR) is 81.9 cm³/mol. The molecular formula is C14H19ClN2OS. The molecule has 0 atom stereocenters. The third kappa shape index (κ3) is 5.43. The van der Waals surface area contributed by atoms with Crippen LogP contribution in [0.1, 0.15) is 5.56 Å². The van der Waals surface area contributed by atoms with Crippen LogP contribution in [0.5, 0.6) is 0 Å². The van der Waals surface area contributed by atoms with Gasteiger partial charge in [-0.1, -0.05) is 23.7 Å². The first-order valence-electron chi connectivity index (χ1n) is 6.53. The summed E-state index contributed by atoms with van der Waals surface area (Å²) in [6.45, 7) is 2.87. The van der Waals surface area contributed by atoms with Crippen molar-refractivity contribution in [3.63, 3.8) is 0 Å². The van der Waals surface area contributed by atoms with E-state index in [-0.39, 0.29) is 5.91 Å². The van der Waals surface area contributed by atoms with Gasteiger partial charge in [-0.15, -0.1) is 0 Å². The highest BCUT2D eigenvalue weighted by Gasteiger charge is 2.16. The quantitative estimate of drug-likeness (QED) is 0.808. The summed E-state index contributed by atoms with van der Waals surface area (Å²) in [6, 6.07) is 7.75. The van der Waals surface area contributed by atoms with Crippen LogP contribution in [0.15, 0.2) is 24.3 Å². The molecule has 2 N–H and O–H groups in total. The third-order valence-corrected chi connectivity index (χ3v) is 4.49. The second-order valence-electron chi connectivity index (χ2n) is 4.77. The molecule has 0 unspecified atom stereocenters. The van der Waals surface area contributed by atoms with E-state index in [0.717, 1.165) is 41.8 Å². The first-order chi connectivity index (χ1) is 9.24. The van der Waals surface area contributed by atoms with Crippen LogP contribution in [-0.2, 0) is 11.2 Å². The molecule has 1 fully saturated rings. The van der Waals surface area contributed by atoms with Crippen LogP contribution in [0.3, 0.4) is 0 Å². The van der Waals surface area contributed by atoms with Crippen LogP contribution in [0.25, 0.3) is 0 Å². The number of rotatable bonds is 7. The van der Waals surface area contributed by atoms with Crippen LogP contribution >= 0.6 is 23.4 Å². The number of hydrogen-bond donors (Lipinski definition) is 2. The molecule has 0 bridgehead atoms. The first-order valence-corrected chi connectivity index (χ1v) is 8.07. The van der Waals surface area contributed by atoms with E-state index < -0.39 is 0 Å². The van der Waals surface area contributed by atoms with Gasteiger partial charge in [0.25, 0.3) is 0 Å². The zero-order valence-electron chi connectivity index (χ0n) is 10.8. The molecule has 1 aliphatic heterocycles. The Morgan fingerprint density at radius 3 is 3.00 bits per heavy atom. The highest BCUT2D eigenvalue weighted by molar-refractivity contribution is 7.99. The minimum Gasteiger partial charge on any atom is -0.355 e. The largest absolute Gasteiger partial charge is 0.355 e. The molecule has 104 valence electrons. The van der Waals surface area contributed by atoms with Crippen molar-refractivity contribution in [2.24, 2.45) is 5.92 Å². The lowest BCUT2D eigenvalue weighted by Gasteiger charge is -2.26. The molecule has 0 spiro atoms. The number of halogens is 1. The van der Waals surface area contributed by atoms with Gasteiger partial charge in [-0.2, -0.15) is 11.8 Å². The van der Waals surface area contributed by atoms with Gasteiger partial charge in [0.1, 0.15) is 0 Å². The van der Waals surface area contributed by atoms with Crippen molar-refractivity contribution < 1.29 is 4.79 Å². The molecule has 0 saturated carbocycles. The Hall–Kier alpha value is -0.710. The molecule has 1 amide bonds. The number of amides is 1. The maximum absolute atomic E-state index is 11.6. The lowest BCUT2D eigenvalue weighted by atomic mass is 10.1. The topological polar surface area (TPSA) is 41.1 Å². The molecular weight excluding hydrogens is 280 g/mol. The van der Waals surface area contributed by atoms with Gasteiger partial charge >= 0.3 is 0 Å². The van der Waals surface area contributed by atoms with Crippen molar-refractivity contribution in [2.45, 2.75) is 6.42 Å². The average molecular weight is 299 g/mol. The SMILES string of the molecule is O=C(CSCC1CNC1)NCCc1cccc(Cl)c1. The van der Waals surface area contributed by atoms with Gasteiger partial charge < -0.3 is 10.6 Å². The van der Waals surface area contributed by atoms with E-state index in [1.54, 1.807) is 11.8 Å². The van der Waals surface area contributed by atoms with E-state index in [1.807, 2.05) is 24.3 Å². The number of carbonyl (C=O) groups is 1.